The van der Waals surface area contributed by atoms with Gasteiger partial charge in [-0.15, -0.1) is 0 Å². The van der Waals surface area contributed by atoms with E-state index in [0.29, 0.717) is 18.4 Å². The molecule has 1 aliphatic rings. The number of nitrogens with one attached hydrogen (secondary N) is 1. The maximum Gasteiger partial charge on any atom is 0.308 e. The fraction of sp³-hybridized carbons (Fsp3) is 0.533. The first-order valence-corrected chi connectivity index (χ1v) is 7.59. The summed E-state index contributed by atoms with van der Waals surface area (Å²) in [4.78, 5) is 27.6. The van der Waals surface area contributed by atoms with Crippen molar-refractivity contribution in [1.29, 1.82) is 0 Å². The molecule has 1 aliphatic carbocycles. The maximum atomic E-state index is 12.3. The largest absolute Gasteiger partial charge is 0.481 e. The third-order valence-electron chi connectivity index (χ3n) is 3.77. The molecule has 1 fully saturated rings. The maximum absolute atomic E-state index is 12.3. The number of rotatable bonds is 5. The van der Waals surface area contributed by atoms with Gasteiger partial charge in [0.2, 0.25) is 0 Å². The molecule has 0 aromatic carbocycles. The number of aromatic nitrogens is 1. The fourth-order valence-electron chi connectivity index (χ4n) is 2.75. The van der Waals surface area contributed by atoms with Crippen molar-refractivity contribution in [1.82, 2.24) is 10.3 Å². The number of carbonyl (C=O) groups is 2. The molecule has 0 radical (unpaired) electrons. The fourth-order valence-corrected chi connectivity index (χ4v) is 2.97. The summed E-state index contributed by atoms with van der Waals surface area (Å²) in [7, 11) is 0. The lowest BCUT2D eigenvalue weighted by Gasteiger charge is -2.17. The molecule has 1 heterocycles. The molecule has 0 spiro atoms. The number of aryl methyl sites for hydroxylation is 1. The van der Waals surface area contributed by atoms with E-state index in [1.54, 1.807) is 6.07 Å². The van der Waals surface area contributed by atoms with Crippen molar-refractivity contribution < 1.29 is 14.7 Å². The number of carboxylic acids is 1. The van der Waals surface area contributed by atoms with Gasteiger partial charge in [0.25, 0.3) is 5.91 Å². The van der Waals surface area contributed by atoms with E-state index < -0.39 is 11.9 Å². The highest BCUT2D eigenvalue weighted by Gasteiger charge is 2.34. The quantitative estimate of drug-likeness (QED) is 0.819. The van der Waals surface area contributed by atoms with Crippen molar-refractivity contribution >= 4 is 23.5 Å². The molecule has 2 unspecified atom stereocenters. The molecule has 2 rings (SSSR count). The van der Waals surface area contributed by atoms with Crippen molar-refractivity contribution in [2.75, 3.05) is 0 Å². The number of hydrogen-bond donors (Lipinski definition) is 2. The van der Waals surface area contributed by atoms with Crippen LogP contribution < -0.4 is 5.32 Å². The van der Waals surface area contributed by atoms with Crippen LogP contribution in [0.15, 0.2) is 12.1 Å². The Morgan fingerprint density at radius 1 is 1.43 bits per heavy atom. The number of halogens is 1. The summed E-state index contributed by atoms with van der Waals surface area (Å²) < 4.78 is 0. The first-order valence-electron chi connectivity index (χ1n) is 7.21. The van der Waals surface area contributed by atoms with Crippen LogP contribution in [-0.4, -0.2) is 28.0 Å². The number of aliphatic carboxylic acids is 1. The molecule has 5 nitrogen and oxygen atoms in total. The summed E-state index contributed by atoms with van der Waals surface area (Å²) in [5.41, 5.74) is 1.21. The number of carbonyl (C=O) groups excluding carboxylic acids is 1. The van der Waals surface area contributed by atoms with Gasteiger partial charge >= 0.3 is 5.97 Å². The lowest BCUT2D eigenvalue weighted by molar-refractivity contribution is -0.142. The lowest BCUT2D eigenvalue weighted by atomic mass is 10.0. The minimum Gasteiger partial charge on any atom is -0.481 e. The second-order valence-electron chi connectivity index (χ2n) is 5.38. The summed E-state index contributed by atoms with van der Waals surface area (Å²) in [5, 5.41) is 12.2. The Labute approximate surface area is 128 Å². The zero-order valence-corrected chi connectivity index (χ0v) is 12.7. The molecule has 2 N–H and O–H groups in total. The van der Waals surface area contributed by atoms with Crippen molar-refractivity contribution in [3.8, 4) is 0 Å². The minimum absolute atomic E-state index is 0.283. The molecule has 1 saturated carbocycles. The number of pyridine rings is 1. The summed E-state index contributed by atoms with van der Waals surface area (Å²) in [5.74, 6) is -1.63. The zero-order valence-electron chi connectivity index (χ0n) is 11.9. The molecule has 21 heavy (non-hydrogen) atoms. The number of carboxylic acid groups (broad SMARTS) is 1. The van der Waals surface area contributed by atoms with Gasteiger partial charge in [0, 0.05) is 17.3 Å². The van der Waals surface area contributed by atoms with Gasteiger partial charge in [-0.3, -0.25) is 9.59 Å². The number of amides is 1. The average Bonchev–Trinajstić information content (AvgIpc) is 2.86. The van der Waals surface area contributed by atoms with E-state index in [4.69, 9.17) is 16.7 Å². The standard InChI is InChI=1S/C15H19ClN2O3/c1-2-4-10-7-9(8-13(16)17-10)14(19)18-12-6-3-5-11(12)15(20)21/h7-8,11-12H,2-6H2,1H3,(H,18,19)(H,20,21). The Morgan fingerprint density at radius 2 is 2.19 bits per heavy atom. The molecule has 1 amide bonds. The third-order valence-corrected chi connectivity index (χ3v) is 3.96. The lowest BCUT2D eigenvalue weighted by Crippen LogP contribution is -2.40. The monoisotopic (exact) mass is 310 g/mol. The molecule has 1 aromatic rings. The highest BCUT2D eigenvalue weighted by Crippen LogP contribution is 2.26. The topological polar surface area (TPSA) is 79.3 Å². The van der Waals surface area contributed by atoms with E-state index in [2.05, 4.69) is 10.3 Å². The first kappa shape index (κ1) is 15.8. The minimum atomic E-state index is -0.850. The van der Waals surface area contributed by atoms with E-state index in [-0.39, 0.29) is 17.1 Å². The second-order valence-corrected chi connectivity index (χ2v) is 5.76. The third kappa shape index (κ3) is 3.94. The van der Waals surface area contributed by atoms with Crippen molar-refractivity contribution in [3.05, 3.63) is 28.5 Å². The Hall–Kier alpha value is -1.62. The SMILES string of the molecule is CCCc1cc(C(=O)NC2CCCC2C(=O)O)cc(Cl)n1. The smallest absolute Gasteiger partial charge is 0.308 e. The Balaban J connectivity index is 2.11. The summed E-state index contributed by atoms with van der Waals surface area (Å²) >= 11 is 5.94. The molecule has 114 valence electrons. The Morgan fingerprint density at radius 3 is 2.86 bits per heavy atom. The Kier molecular flexibility index (Phi) is 5.17. The molecule has 2 atom stereocenters. The molecular weight excluding hydrogens is 292 g/mol. The average molecular weight is 311 g/mol. The van der Waals surface area contributed by atoms with E-state index in [0.717, 1.165) is 25.0 Å². The number of nitrogens with zero attached hydrogens (tertiary/aromatic N) is 1. The number of hydrogen-bond acceptors (Lipinski definition) is 3. The van der Waals surface area contributed by atoms with Gasteiger partial charge in [0.1, 0.15) is 5.15 Å². The van der Waals surface area contributed by atoms with Crippen molar-refractivity contribution in [3.63, 3.8) is 0 Å². The highest BCUT2D eigenvalue weighted by atomic mass is 35.5. The zero-order chi connectivity index (χ0) is 15.4. The van der Waals surface area contributed by atoms with E-state index >= 15 is 0 Å². The van der Waals surface area contributed by atoms with E-state index in [1.807, 2.05) is 6.92 Å². The van der Waals surface area contributed by atoms with Gasteiger partial charge in [-0.1, -0.05) is 31.4 Å². The Bertz CT molecular complexity index is 548. The molecule has 0 aliphatic heterocycles. The van der Waals surface area contributed by atoms with Crippen LogP contribution in [0.1, 0.15) is 48.7 Å². The van der Waals surface area contributed by atoms with Gasteiger partial charge in [-0.2, -0.15) is 0 Å². The molecule has 1 aromatic heterocycles. The molecule has 0 bridgehead atoms. The van der Waals surface area contributed by atoms with Crippen LogP contribution in [0.5, 0.6) is 0 Å². The van der Waals surface area contributed by atoms with Crippen LogP contribution in [0.3, 0.4) is 0 Å². The normalized spacial score (nSPS) is 21.2. The van der Waals surface area contributed by atoms with Crippen LogP contribution in [-0.2, 0) is 11.2 Å². The van der Waals surface area contributed by atoms with Crippen LogP contribution in [0.2, 0.25) is 5.15 Å². The van der Waals surface area contributed by atoms with Gasteiger partial charge < -0.3 is 10.4 Å². The summed E-state index contributed by atoms with van der Waals surface area (Å²) in [6, 6.07) is 2.92. The predicted molar refractivity (Wildman–Crippen MR) is 79.5 cm³/mol. The predicted octanol–water partition coefficient (Wildman–Crippen LogP) is 2.67. The van der Waals surface area contributed by atoms with E-state index in [1.165, 1.54) is 6.07 Å². The van der Waals surface area contributed by atoms with Gasteiger partial charge in [-0.25, -0.2) is 4.98 Å². The van der Waals surface area contributed by atoms with Gasteiger partial charge in [-0.05, 0) is 31.4 Å². The van der Waals surface area contributed by atoms with Gasteiger partial charge in [0.05, 0.1) is 5.92 Å². The second kappa shape index (κ2) is 6.89. The molecular formula is C15H19ClN2O3. The van der Waals surface area contributed by atoms with Crippen LogP contribution >= 0.6 is 11.6 Å². The molecule has 6 heteroatoms. The summed E-state index contributed by atoms with van der Waals surface area (Å²) in [6.45, 7) is 2.03. The summed E-state index contributed by atoms with van der Waals surface area (Å²) in [6.07, 6.45) is 3.79. The van der Waals surface area contributed by atoms with E-state index in [9.17, 15) is 9.59 Å². The van der Waals surface area contributed by atoms with Crippen LogP contribution in [0.4, 0.5) is 0 Å². The van der Waals surface area contributed by atoms with Gasteiger partial charge in [0.15, 0.2) is 0 Å². The van der Waals surface area contributed by atoms with Crippen LogP contribution in [0, 0.1) is 5.92 Å². The van der Waals surface area contributed by atoms with Crippen LogP contribution in [0.25, 0.3) is 0 Å². The molecule has 0 saturated heterocycles. The highest BCUT2D eigenvalue weighted by molar-refractivity contribution is 6.29. The van der Waals surface area contributed by atoms with Crippen molar-refractivity contribution in [2.45, 2.75) is 45.1 Å². The van der Waals surface area contributed by atoms with Crippen molar-refractivity contribution in [2.24, 2.45) is 5.92 Å². The first-order chi connectivity index (χ1) is 10.0.